The van der Waals surface area contributed by atoms with Gasteiger partial charge in [0, 0.05) is 5.56 Å². The summed E-state index contributed by atoms with van der Waals surface area (Å²) in [6, 6.07) is 7.36. The van der Waals surface area contributed by atoms with Crippen molar-refractivity contribution in [2.45, 2.75) is 13.3 Å². The second-order valence-electron chi connectivity index (χ2n) is 4.40. The zero-order chi connectivity index (χ0) is 13.2. The first-order chi connectivity index (χ1) is 8.66. The van der Waals surface area contributed by atoms with E-state index in [1.54, 1.807) is 25.3 Å². The molecule has 4 heteroatoms. The van der Waals surface area contributed by atoms with Crippen molar-refractivity contribution in [1.82, 2.24) is 0 Å². The number of aryl methyl sites for hydroxylation is 1. The summed E-state index contributed by atoms with van der Waals surface area (Å²) < 4.78 is 10.2. The third kappa shape index (κ3) is 1.87. The Labute approximate surface area is 106 Å². The van der Waals surface area contributed by atoms with Crippen LogP contribution in [0, 0.1) is 16.7 Å². The van der Waals surface area contributed by atoms with E-state index in [9.17, 15) is 4.79 Å². The van der Waals surface area contributed by atoms with E-state index in [4.69, 9.17) is 14.7 Å². The molecule has 1 heterocycles. The highest BCUT2D eigenvalue weighted by Gasteiger charge is 2.46. The summed E-state index contributed by atoms with van der Waals surface area (Å²) in [5.74, 6) is 0.610. The lowest BCUT2D eigenvalue weighted by atomic mass is 9.79. The molecule has 1 aromatic carbocycles. The lowest BCUT2D eigenvalue weighted by molar-refractivity contribution is -0.0566. The van der Waals surface area contributed by atoms with Crippen molar-refractivity contribution in [3.05, 3.63) is 29.3 Å². The molecule has 0 saturated carbocycles. The van der Waals surface area contributed by atoms with Gasteiger partial charge in [-0.3, -0.25) is 4.79 Å². The molecule has 0 spiro atoms. The van der Waals surface area contributed by atoms with Gasteiger partial charge in [0.15, 0.2) is 11.2 Å². The van der Waals surface area contributed by atoms with Gasteiger partial charge in [-0.15, -0.1) is 0 Å². The quantitative estimate of drug-likeness (QED) is 0.761. The van der Waals surface area contributed by atoms with Crippen LogP contribution < -0.4 is 4.74 Å². The zero-order valence-electron chi connectivity index (χ0n) is 10.5. The number of hydrogen-bond acceptors (Lipinski definition) is 4. The van der Waals surface area contributed by atoms with Crippen LogP contribution >= 0.6 is 0 Å². The molecule has 1 saturated heterocycles. The molecule has 4 nitrogen and oxygen atoms in total. The number of ether oxygens (including phenoxy) is 2. The number of rotatable bonds is 4. The van der Waals surface area contributed by atoms with E-state index in [-0.39, 0.29) is 19.0 Å². The fourth-order valence-electron chi connectivity index (χ4n) is 2.03. The number of methoxy groups -OCH3 is 1. The minimum Gasteiger partial charge on any atom is -0.496 e. The highest BCUT2D eigenvalue weighted by molar-refractivity contribution is 6.03. The summed E-state index contributed by atoms with van der Waals surface area (Å²) in [7, 11) is 1.60. The van der Waals surface area contributed by atoms with E-state index in [0.717, 1.165) is 17.7 Å². The van der Waals surface area contributed by atoms with Gasteiger partial charge in [-0.1, -0.05) is 6.92 Å². The van der Waals surface area contributed by atoms with E-state index < -0.39 is 5.41 Å². The number of carbonyl (C=O) groups is 1. The summed E-state index contributed by atoms with van der Waals surface area (Å²) in [6.45, 7) is 2.38. The molecule has 0 unspecified atom stereocenters. The van der Waals surface area contributed by atoms with Crippen LogP contribution in [0.5, 0.6) is 5.75 Å². The van der Waals surface area contributed by atoms with Crippen LogP contribution in [0.3, 0.4) is 0 Å². The maximum absolute atomic E-state index is 12.3. The predicted molar refractivity (Wildman–Crippen MR) is 65.6 cm³/mol. The Morgan fingerprint density at radius 1 is 1.56 bits per heavy atom. The second kappa shape index (κ2) is 4.79. The molecule has 0 aromatic heterocycles. The predicted octanol–water partition coefficient (Wildman–Crippen LogP) is 1.98. The van der Waals surface area contributed by atoms with Gasteiger partial charge < -0.3 is 9.47 Å². The Kier molecular flexibility index (Phi) is 3.35. The number of ketones is 1. The van der Waals surface area contributed by atoms with Crippen molar-refractivity contribution in [2.24, 2.45) is 5.41 Å². The lowest BCUT2D eigenvalue weighted by Crippen LogP contribution is -2.47. The normalized spacial score (nSPS) is 16.5. The number of nitriles is 1. The number of hydrogen-bond donors (Lipinski definition) is 0. The smallest absolute Gasteiger partial charge is 0.187 e. The molecule has 1 aliphatic rings. The Morgan fingerprint density at radius 2 is 2.28 bits per heavy atom. The monoisotopic (exact) mass is 245 g/mol. The molecule has 0 N–H and O–H groups in total. The molecule has 0 atom stereocenters. The summed E-state index contributed by atoms with van der Waals surface area (Å²) in [6.07, 6.45) is 0.778. The first-order valence-corrected chi connectivity index (χ1v) is 5.87. The van der Waals surface area contributed by atoms with Crippen molar-refractivity contribution in [3.63, 3.8) is 0 Å². The van der Waals surface area contributed by atoms with Crippen LogP contribution in [0.4, 0.5) is 0 Å². The summed E-state index contributed by atoms with van der Waals surface area (Å²) in [5.41, 5.74) is 0.536. The summed E-state index contributed by atoms with van der Waals surface area (Å²) in [4.78, 5) is 12.3. The molecule has 2 rings (SSSR count). The average Bonchev–Trinajstić information content (AvgIpc) is 2.37. The van der Waals surface area contributed by atoms with Crippen LogP contribution in [0.15, 0.2) is 18.2 Å². The molecule has 1 fully saturated rings. The Morgan fingerprint density at radius 3 is 2.72 bits per heavy atom. The topological polar surface area (TPSA) is 59.3 Å². The average molecular weight is 245 g/mol. The first-order valence-electron chi connectivity index (χ1n) is 5.87. The highest BCUT2D eigenvalue weighted by Crippen LogP contribution is 2.32. The van der Waals surface area contributed by atoms with Crippen molar-refractivity contribution in [2.75, 3.05) is 20.3 Å². The van der Waals surface area contributed by atoms with Crippen LogP contribution in [-0.2, 0) is 11.2 Å². The fraction of sp³-hybridized carbons (Fsp3) is 0.429. The van der Waals surface area contributed by atoms with Crippen LogP contribution in [0.1, 0.15) is 22.8 Å². The van der Waals surface area contributed by atoms with Gasteiger partial charge in [0.25, 0.3) is 0 Å². The standard InChI is InChI=1S/C14H15NO3/c1-3-10-6-11(4-5-12(10)17-2)13(16)14(7-15)8-18-9-14/h4-6H,3,8-9H2,1-2H3. The van der Waals surface area contributed by atoms with Gasteiger partial charge in [-0.25, -0.2) is 0 Å². The van der Waals surface area contributed by atoms with E-state index in [1.165, 1.54) is 0 Å². The van der Waals surface area contributed by atoms with Gasteiger partial charge in [0.2, 0.25) is 0 Å². The molecule has 0 amide bonds. The molecule has 0 aliphatic carbocycles. The molecular formula is C14H15NO3. The Hall–Kier alpha value is -1.86. The van der Waals surface area contributed by atoms with E-state index >= 15 is 0 Å². The third-order valence-electron chi connectivity index (χ3n) is 3.27. The number of Topliss-reactive ketones (excluding diaryl/α,β-unsaturated/α-hetero) is 1. The van der Waals surface area contributed by atoms with Crippen molar-refractivity contribution >= 4 is 5.78 Å². The van der Waals surface area contributed by atoms with Gasteiger partial charge in [0.05, 0.1) is 26.4 Å². The largest absolute Gasteiger partial charge is 0.496 e. The van der Waals surface area contributed by atoms with E-state index in [0.29, 0.717) is 5.56 Å². The second-order valence-corrected chi connectivity index (χ2v) is 4.40. The first kappa shape index (κ1) is 12.6. The van der Waals surface area contributed by atoms with E-state index in [1.807, 2.05) is 6.92 Å². The van der Waals surface area contributed by atoms with Gasteiger partial charge in [0.1, 0.15) is 5.75 Å². The lowest BCUT2D eigenvalue weighted by Gasteiger charge is -2.33. The molecule has 94 valence electrons. The maximum Gasteiger partial charge on any atom is 0.187 e. The van der Waals surface area contributed by atoms with E-state index in [2.05, 4.69) is 6.07 Å². The van der Waals surface area contributed by atoms with Crippen LogP contribution in [-0.4, -0.2) is 26.1 Å². The molecule has 1 aliphatic heterocycles. The molecule has 0 bridgehead atoms. The molecular weight excluding hydrogens is 230 g/mol. The minimum atomic E-state index is -0.987. The molecule has 0 radical (unpaired) electrons. The molecule has 1 aromatic rings. The minimum absolute atomic E-state index is 0.159. The van der Waals surface area contributed by atoms with Crippen LogP contribution in [0.25, 0.3) is 0 Å². The Balaban J connectivity index is 2.35. The Bertz CT molecular complexity index is 512. The molecule has 18 heavy (non-hydrogen) atoms. The van der Waals surface area contributed by atoms with Crippen molar-refractivity contribution in [1.29, 1.82) is 5.26 Å². The fourth-order valence-corrected chi connectivity index (χ4v) is 2.03. The zero-order valence-corrected chi connectivity index (χ0v) is 10.5. The maximum atomic E-state index is 12.3. The number of carbonyl (C=O) groups excluding carboxylic acids is 1. The highest BCUT2D eigenvalue weighted by atomic mass is 16.5. The van der Waals surface area contributed by atoms with Gasteiger partial charge >= 0.3 is 0 Å². The third-order valence-corrected chi connectivity index (χ3v) is 3.27. The summed E-state index contributed by atoms with van der Waals surface area (Å²) in [5, 5.41) is 9.12. The van der Waals surface area contributed by atoms with Gasteiger partial charge in [-0.05, 0) is 30.2 Å². The van der Waals surface area contributed by atoms with Crippen molar-refractivity contribution in [3.8, 4) is 11.8 Å². The summed E-state index contributed by atoms with van der Waals surface area (Å²) >= 11 is 0. The number of benzene rings is 1. The van der Waals surface area contributed by atoms with Crippen LogP contribution in [0.2, 0.25) is 0 Å². The van der Waals surface area contributed by atoms with Gasteiger partial charge in [-0.2, -0.15) is 5.26 Å². The SMILES string of the molecule is CCc1cc(C(=O)C2(C#N)COC2)ccc1OC. The number of nitrogens with zero attached hydrogens (tertiary/aromatic N) is 1. The van der Waals surface area contributed by atoms with Crippen molar-refractivity contribution < 1.29 is 14.3 Å².